The lowest BCUT2D eigenvalue weighted by Gasteiger charge is -2.37. The van der Waals surface area contributed by atoms with Gasteiger partial charge in [0, 0.05) is 38.8 Å². The Morgan fingerprint density at radius 2 is 1.60 bits per heavy atom. The van der Waals surface area contributed by atoms with Crippen molar-refractivity contribution in [2.75, 3.05) is 32.7 Å². The van der Waals surface area contributed by atoms with Gasteiger partial charge in [0.25, 0.3) is 0 Å². The minimum atomic E-state index is -0.111. The van der Waals surface area contributed by atoms with Crippen LogP contribution in [0.3, 0.4) is 0 Å². The van der Waals surface area contributed by atoms with E-state index in [0.717, 1.165) is 38.9 Å². The molecule has 1 saturated heterocycles. The minimum Gasteiger partial charge on any atom is -0.393 e. The lowest BCUT2D eigenvalue weighted by molar-refractivity contribution is 0.0841. The summed E-state index contributed by atoms with van der Waals surface area (Å²) in [4.78, 5) is 5.04. The molecule has 0 saturated carbocycles. The van der Waals surface area contributed by atoms with Gasteiger partial charge in [-0.05, 0) is 38.5 Å². The number of rotatable bonds is 7. The van der Waals surface area contributed by atoms with Crippen molar-refractivity contribution in [3.05, 3.63) is 0 Å². The summed E-state index contributed by atoms with van der Waals surface area (Å²) in [6.45, 7) is 17.1. The van der Waals surface area contributed by atoms with E-state index in [9.17, 15) is 5.11 Å². The molecule has 1 fully saturated rings. The summed E-state index contributed by atoms with van der Waals surface area (Å²) in [5.74, 6) is 0. The molecule has 1 heterocycles. The molecule has 3 heteroatoms. The van der Waals surface area contributed by atoms with Crippen molar-refractivity contribution < 1.29 is 5.11 Å². The maximum absolute atomic E-state index is 10.1. The minimum absolute atomic E-state index is 0.111. The van der Waals surface area contributed by atoms with Crippen LogP contribution < -0.4 is 0 Å². The highest BCUT2D eigenvalue weighted by atomic mass is 16.3. The average Bonchev–Trinajstić information content (AvgIpc) is 2.35. The van der Waals surface area contributed by atoms with E-state index < -0.39 is 0 Å². The zero-order valence-corrected chi connectivity index (χ0v) is 14.4. The lowest BCUT2D eigenvalue weighted by atomic mass is 9.89. The first-order valence-corrected chi connectivity index (χ1v) is 8.42. The van der Waals surface area contributed by atoms with Gasteiger partial charge in [0.05, 0.1) is 6.10 Å². The monoisotopic (exact) mass is 284 g/mol. The van der Waals surface area contributed by atoms with Crippen LogP contribution in [-0.4, -0.2) is 59.8 Å². The predicted molar refractivity (Wildman–Crippen MR) is 87.1 cm³/mol. The fourth-order valence-corrected chi connectivity index (χ4v) is 2.85. The largest absolute Gasteiger partial charge is 0.393 e. The molecule has 20 heavy (non-hydrogen) atoms. The van der Waals surface area contributed by atoms with Crippen molar-refractivity contribution in [3.8, 4) is 0 Å². The van der Waals surface area contributed by atoms with Gasteiger partial charge in [0.2, 0.25) is 0 Å². The summed E-state index contributed by atoms with van der Waals surface area (Å²) < 4.78 is 0. The highest BCUT2D eigenvalue weighted by Gasteiger charge is 2.19. The van der Waals surface area contributed by atoms with E-state index in [4.69, 9.17) is 0 Å². The van der Waals surface area contributed by atoms with Crippen molar-refractivity contribution in [3.63, 3.8) is 0 Å². The fourth-order valence-electron chi connectivity index (χ4n) is 2.85. The van der Waals surface area contributed by atoms with Gasteiger partial charge in [-0.2, -0.15) is 0 Å². The lowest BCUT2D eigenvalue weighted by Crippen LogP contribution is -2.49. The van der Waals surface area contributed by atoms with E-state index in [-0.39, 0.29) is 6.10 Å². The number of aliphatic hydroxyl groups is 1. The van der Waals surface area contributed by atoms with Gasteiger partial charge in [0.15, 0.2) is 0 Å². The Morgan fingerprint density at radius 1 is 1.00 bits per heavy atom. The maximum Gasteiger partial charge on any atom is 0.0552 e. The van der Waals surface area contributed by atoms with Crippen LogP contribution in [0.2, 0.25) is 0 Å². The van der Waals surface area contributed by atoms with Crippen LogP contribution in [0.25, 0.3) is 0 Å². The fraction of sp³-hybridized carbons (Fsp3) is 1.00. The molecule has 1 N–H and O–H groups in total. The maximum atomic E-state index is 10.1. The summed E-state index contributed by atoms with van der Waals surface area (Å²) in [6.07, 6.45) is 4.14. The number of hydrogen-bond donors (Lipinski definition) is 1. The van der Waals surface area contributed by atoms with E-state index >= 15 is 0 Å². The van der Waals surface area contributed by atoms with Crippen LogP contribution in [0.1, 0.15) is 60.3 Å². The van der Waals surface area contributed by atoms with Crippen LogP contribution in [0.15, 0.2) is 0 Å². The molecule has 1 atom stereocenters. The Bertz CT molecular complexity index is 252. The van der Waals surface area contributed by atoms with Crippen molar-refractivity contribution in [2.24, 2.45) is 5.41 Å². The summed E-state index contributed by atoms with van der Waals surface area (Å²) in [5, 5.41) is 10.1. The standard InChI is InChI=1S/C17H36N2O/c1-15(2)19-13-11-18(12-14-19)10-8-16(20)7-6-9-17(3,4)5/h15-16,20H,6-14H2,1-5H3/t16-/m0/s1. The van der Waals surface area contributed by atoms with Gasteiger partial charge >= 0.3 is 0 Å². The van der Waals surface area contributed by atoms with E-state index in [1.165, 1.54) is 19.5 Å². The van der Waals surface area contributed by atoms with Crippen molar-refractivity contribution in [1.29, 1.82) is 0 Å². The van der Waals surface area contributed by atoms with Gasteiger partial charge in [-0.25, -0.2) is 0 Å². The molecule has 0 aromatic heterocycles. The molecule has 0 unspecified atom stereocenters. The molecular formula is C17H36N2O. The predicted octanol–water partition coefficient (Wildman–Crippen LogP) is 2.98. The first-order chi connectivity index (χ1) is 9.28. The number of hydrogen-bond acceptors (Lipinski definition) is 3. The normalized spacial score (nSPS) is 20.6. The molecule has 0 aromatic carbocycles. The average molecular weight is 284 g/mol. The highest BCUT2D eigenvalue weighted by Crippen LogP contribution is 2.22. The van der Waals surface area contributed by atoms with E-state index in [1.54, 1.807) is 0 Å². The topological polar surface area (TPSA) is 26.7 Å². The van der Waals surface area contributed by atoms with Crippen LogP contribution in [0.4, 0.5) is 0 Å². The van der Waals surface area contributed by atoms with Crippen molar-refractivity contribution in [2.45, 2.75) is 72.4 Å². The van der Waals surface area contributed by atoms with Gasteiger partial charge < -0.3 is 10.0 Å². The second-order valence-corrected chi connectivity index (χ2v) is 7.87. The third-order valence-corrected chi connectivity index (χ3v) is 4.38. The Morgan fingerprint density at radius 3 is 2.10 bits per heavy atom. The Balaban J connectivity index is 2.09. The molecule has 0 bridgehead atoms. The molecule has 120 valence electrons. The molecule has 1 rings (SSSR count). The molecule has 0 aliphatic carbocycles. The third kappa shape index (κ3) is 7.61. The second-order valence-electron chi connectivity index (χ2n) is 7.87. The zero-order chi connectivity index (χ0) is 15.2. The first kappa shape index (κ1) is 17.9. The van der Waals surface area contributed by atoms with Gasteiger partial charge in [-0.1, -0.05) is 27.2 Å². The Hall–Kier alpha value is -0.120. The highest BCUT2D eigenvalue weighted by molar-refractivity contribution is 4.75. The summed E-state index contributed by atoms with van der Waals surface area (Å²) in [6, 6.07) is 0.667. The molecule has 1 aliphatic heterocycles. The van der Waals surface area contributed by atoms with E-state index in [1.807, 2.05) is 0 Å². The van der Waals surface area contributed by atoms with Crippen LogP contribution in [0, 0.1) is 5.41 Å². The number of aliphatic hydroxyl groups excluding tert-OH is 1. The Kier molecular flexibility index (Phi) is 7.49. The molecular weight excluding hydrogens is 248 g/mol. The van der Waals surface area contributed by atoms with Crippen LogP contribution in [0.5, 0.6) is 0 Å². The summed E-state index contributed by atoms with van der Waals surface area (Å²) in [7, 11) is 0. The van der Waals surface area contributed by atoms with Crippen LogP contribution in [-0.2, 0) is 0 Å². The molecule has 3 nitrogen and oxygen atoms in total. The summed E-state index contributed by atoms with van der Waals surface area (Å²) >= 11 is 0. The molecule has 0 spiro atoms. The second kappa shape index (κ2) is 8.35. The van der Waals surface area contributed by atoms with Gasteiger partial charge in [0.1, 0.15) is 0 Å². The zero-order valence-electron chi connectivity index (χ0n) is 14.4. The van der Waals surface area contributed by atoms with Crippen molar-refractivity contribution in [1.82, 2.24) is 9.80 Å². The smallest absolute Gasteiger partial charge is 0.0552 e. The Labute approximate surface area is 126 Å². The van der Waals surface area contributed by atoms with E-state index in [0.29, 0.717) is 11.5 Å². The molecule has 0 aromatic rings. The van der Waals surface area contributed by atoms with Crippen molar-refractivity contribution >= 4 is 0 Å². The summed E-state index contributed by atoms with van der Waals surface area (Å²) in [5.41, 5.74) is 0.396. The third-order valence-electron chi connectivity index (χ3n) is 4.38. The number of nitrogens with zero attached hydrogens (tertiary/aromatic N) is 2. The molecule has 0 amide bonds. The number of piperazine rings is 1. The first-order valence-electron chi connectivity index (χ1n) is 8.42. The molecule has 0 radical (unpaired) electrons. The molecule has 1 aliphatic rings. The van der Waals surface area contributed by atoms with E-state index in [2.05, 4.69) is 44.4 Å². The van der Waals surface area contributed by atoms with Gasteiger partial charge in [-0.3, -0.25) is 4.90 Å². The quantitative estimate of drug-likeness (QED) is 0.778. The SMILES string of the molecule is CC(C)N1CCN(CC[C@@H](O)CCCC(C)(C)C)CC1. The van der Waals surface area contributed by atoms with Gasteiger partial charge in [-0.15, -0.1) is 0 Å². The van der Waals surface area contributed by atoms with Crippen LogP contribution >= 0.6 is 0 Å².